The van der Waals surface area contributed by atoms with E-state index in [1.54, 1.807) is 4.90 Å². The Morgan fingerprint density at radius 2 is 1.82 bits per heavy atom. The number of aryl methyl sites for hydroxylation is 1. The van der Waals surface area contributed by atoms with Crippen molar-refractivity contribution in [1.29, 1.82) is 0 Å². The zero-order valence-corrected chi connectivity index (χ0v) is 14.1. The van der Waals surface area contributed by atoms with Crippen molar-refractivity contribution >= 4 is 12.3 Å². The van der Waals surface area contributed by atoms with Gasteiger partial charge in [-0.25, -0.2) is 0 Å². The number of rotatable bonds is 3. The van der Waals surface area contributed by atoms with Gasteiger partial charge in [-0.3, -0.25) is 9.59 Å². The molecule has 0 spiro atoms. The first-order valence-corrected chi connectivity index (χ1v) is 7.88. The van der Waals surface area contributed by atoms with E-state index in [-0.39, 0.29) is 11.3 Å². The van der Waals surface area contributed by atoms with Gasteiger partial charge in [-0.15, -0.1) is 0 Å². The zero-order valence-electron chi connectivity index (χ0n) is 14.1. The van der Waals surface area contributed by atoms with Crippen LogP contribution >= 0.6 is 0 Å². The first kappa shape index (κ1) is 16.5. The Kier molecular flexibility index (Phi) is 4.89. The lowest BCUT2D eigenvalue weighted by Crippen LogP contribution is -2.48. The number of piperazine rings is 1. The second kappa shape index (κ2) is 6.51. The van der Waals surface area contributed by atoms with Gasteiger partial charge < -0.3 is 9.80 Å². The molecule has 1 aliphatic heterocycles. The summed E-state index contributed by atoms with van der Waals surface area (Å²) in [6.07, 6.45) is 1.30. The van der Waals surface area contributed by atoms with Gasteiger partial charge in [0.2, 0.25) is 12.3 Å². The second-order valence-corrected chi connectivity index (χ2v) is 7.09. The summed E-state index contributed by atoms with van der Waals surface area (Å²) in [6, 6.07) is 6.39. The molecule has 120 valence electrons. The zero-order chi connectivity index (χ0) is 16.3. The van der Waals surface area contributed by atoms with Crippen LogP contribution in [0.2, 0.25) is 0 Å². The molecule has 0 aliphatic carbocycles. The van der Waals surface area contributed by atoms with E-state index in [4.69, 9.17) is 0 Å². The molecule has 0 N–H and O–H groups in total. The second-order valence-electron chi connectivity index (χ2n) is 7.09. The first-order chi connectivity index (χ1) is 10.3. The fourth-order valence-electron chi connectivity index (χ4n) is 2.71. The maximum Gasteiger partial charge on any atom is 0.227 e. The van der Waals surface area contributed by atoms with Crippen molar-refractivity contribution in [2.75, 3.05) is 26.2 Å². The highest BCUT2D eigenvalue weighted by Crippen LogP contribution is 2.24. The lowest BCUT2D eigenvalue weighted by atomic mass is 9.85. The average molecular weight is 302 g/mol. The van der Waals surface area contributed by atoms with Crippen molar-refractivity contribution in [1.82, 2.24) is 9.80 Å². The van der Waals surface area contributed by atoms with Crippen LogP contribution in [-0.2, 0) is 21.4 Å². The van der Waals surface area contributed by atoms with Crippen LogP contribution in [0.25, 0.3) is 0 Å². The Balaban J connectivity index is 2.02. The number of carbonyl (C=O) groups excluding carboxylic acids is 2. The maximum atomic E-state index is 12.4. The van der Waals surface area contributed by atoms with Crippen molar-refractivity contribution in [3.63, 3.8) is 0 Å². The largest absolute Gasteiger partial charge is 0.342 e. The monoisotopic (exact) mass is 302 g/mol. The SMILES string of the molecule is Cc1cc(C(C)(C)C)ccc1CC(=O)N1CCN(C=O)CC1. The van der Waals surface area contributed by atoms with Gasteiger partial charge in [-0.1, -0.05) is 39.0 Å². The molecule has 2 rings (SSSR count). The van der Waals surface area contributed by atoms with Gasteiger partial charge in [0.1, 0.15) is 0 Å². The summed E-state index contributed by atoms with van der Waals surface area (Å²) < 4.78 is 0. The van der Waals surface area contributed by atoms with E-state index in [0.29, 0.717) is 32.6 Å². The summed E-state index contributed by atoms with van der Waals surface area (Å²) >= 11 is 0. The molecule has 0 saturated carbocycles. The molecule has 1 aromatic carbocycles. The molecule has 1 aliphatic rings. The number of hydrogen-bond donors (Lipinski definition) is 0. The molecule has 1 heterocycles. The number of benzene rings is 1. The molecular formula is C18H26N2O2. The predicted molar refractivity (Wildman–Crippen MR) is 87.8 cm³/mol. The van der Waals surface area contributed by atoms with E-state index in [1.807, 2.05) is 4.90 Å². The van der Waals surface area contributed by atoms with Gasteiger partial charge in [-0.05, 0) is 29.0 Å². The van der Waals surface area contributed by atoms with E-state index in [2.05, 4.69) is 45.9 Å². The highest BCUT2D eigenvalue weighted by Gasteiger charge is 2.21. The van der Waals surface area contributed by atoms with Gasteiger partial charge in [0, 0.05) is 26.2 Å². The van der Waals surface area contributed by atoms with E-state index in [0.717, 1.165) is 12.0 Å². The van der Waals surface area contributed by atoms with Crippen LogP contribution in [-0.4, -0.2) is 48.3 Å². The minimum absolute atomic E-state index is 0.123. The van der Waals surface area contributed by atoms with Crippen molar-refractivity contribution in [2.45, 2.75) is 39.5 Å². The molecule has 1 aromatic rings. The third-order valence-electron chi connectivity index (χ3n) is 4.37. The lowest BCUT2D eigenvalue weighted by molar-refractivity contribution is -0.134. The van der Waals surface area contributed by atoms with Crippen molar-refractivity contribution < 1.29 is 9.59 Å². The van der Waals surface area contributed by atoms with Crippen molar-refractivity contribution in [2.24, 2.45) is 0 Å². The van der Waals surface area contributed by atoms with E-state index in [1.165, 1.54) is 11.1 Å². The summed E-state index contributed by atoms with van der Waals surface area (Å²) in [7, 11) is 0. The van der Waals surface area contributed by atoms with Crippen LogP contribution in [0, 0.1) is 6.92 Å². The normalized spacial score (nSPS) is 15.8. The molecule has 0 bridgehead atoms. The molecule has 0 atom stereocenters. The number of carbonyl (C=O) groups is 2. The van der Waals surface area contributed by atoms with Gasteiger partial charge in [0.25, 0.3) is 0 Å². The third-order valence-corrected chi connectivity index (χ3v) is 4.37. The van der Waals surface area contributed by atoms with E-state index in [9.17, 15) is 9.59 Å². The first-order valence-electron chi connectivity index (χ1n) is 7.88. The molecular weight excluding hydrogens is 276 g/mol. The Hall–Kier alpha value is -1.84. The molecule has 4 heteroatoms. The number of nitrogens with zero attached hydrogens (tertiary/aromatic N) is 2. The Morgan fingerprint density at radius 1 is 1.18 bits per heavy atom. The molecule has 0 unspecified atom stereocenters. The van der Waals surface area contributed by atoms with Crippen molar-refractivity contribution in [3.8, 4) is 0 Å². The van der Waals surface area contributed by atoms with Gasteiger partial charge in [-0.2, -0.15) is 0 Å². The molecule has 1 fully saturated rings. The van der Waals surface area contributed by atoms with Crippen LogP contribution in [0.5, 0.6) is 0 Å². The molecule has 22 heavy (non-hydrogen) atoms. The summed E-state index contributed by atoms with van der Waals surface area (Å²) in [6.45, 7) is 11.2. The average Bonchev–Trinajstić information content (AvgIpc) is 2.48. The predicted octanol–water partition coefficient (Wildman–Crippen LogP) is 2.14. The van der Waals surface area contributed by atoms with Crippen LogP contribution in [0.15, 0.2) is 18.2 Å². The minimum atomic E-state index is 0.123. The van der Waals surface area contributed by atoms with Crippen LogP contribution in [0.1, 0.15) is 37.5 Å². The van der Waals surface area contributed by atoms with Crippen LogP contribution in [0.4, 0.5) is 0 Å². The number of hydrogen-bond acceptors (Lipinski definition) is 2. The van der Waals surface area contributed by atoms with E-state index >= 15 is 0 Å². The smallest absolute Gasteiger partial charge is 0.227 e. The summed E-state index contributed by atoms with van der Waals surface area (Å²) in [5.74, 6) is 0.150. The lowest BCUT2D eigenvalue weighted by Gasteiger charge is -2.32. The molecule has 0 aromatic heterocycles. The molecule has 2 amide bonds. The highest BCUT2D eigenvalue weighted by molar-refractivity contribution is 5.79. The fourth-order valence-corrected chi connectivity index (χ4v) is 2.71. The summed E-state index contributed by atoms with van der Waals surface area (Å²) in [5.41, 5.74) is 3.68. The molecule has 1 saturated heterocycles. The van der Waals surface area contributed by atoms with Gasteiger partial charge in [0.05, 0.1) is 6.42 Å². The molecule has 0 radical (unpaired) electrons. The van der Waals surface area contributed by atoms with E-state index < -0.39 is 0 Å². The molecule has 4 nitrogen and oxygen atoms in total. The standard InChI is InChI=1S/C18H26N2O2/c1-14-11-16(18(2,3)4)6-5-15(14)12-17(22)20-9-7-19(13-21)8-10-20/h5-6,11,13H,7-10,12H2,1-4H3. The Labute approximate surface area is 133 Å². The summed E-state index contributed by atoms with van der Waals surface area (Å²) in [5, 5.41) is 0. The Bertz CT molecular complexity index is 553. The van der Waals surface area contributed by atoms with Crippen LogP contribution < -0.4 is 0 Å². The van der Waals surface area contributed by atoms with Crippen molar-refractivity contribution in [3.05, 3.63) is 34.9 Å². The van der Waals surface area contributed by atoms with Gasteiger partial charge in [0.15, 0.2) is 0 Å². The van der Waals surface area contributed by atoms with Gasteiger partial charge >= 0.3 is 0 Å². The summed E-state index contributed by atoms with van der Waals surface area (Å²) in [4.78, 5) is 26.7. The third kappa shape index (κ3) is 3.87. The fraction of sp³-hybridized carbons (Fsp3) is 0.556. The van der Waals surface area contributed by atoms with Crippen LogP contribution in [0.3, 0.4) is 0 Å². The minimum Gasteiger partial charge on any atom is -0.342 e. The quantitative estimate of drug-likeness (QED) is 0.803. The highest BCUT2D eigenvalue weighted by atomic mass is 16.2. The topological polar surface area (TPSA) is 40.6 Å². The maximum absolute atomic E-state index is 12.4. The Morgan fingerprint density at radius 3 is 2.32 bits per heavy atom. The number of amides is 2.